The Labute approximate surface area is 152 Å². The van der Waals surface area contributed by atoms with Crippen molar-refractivity contribution < 1.29 is 0 Å². The van der Waals surface area contributed by atoms with Crippen molar-refractivity contribution in [3.8, 4) is 0 Å². The lowest BCUT2D eigenvalue weighted by atomic mass is 9.69. The number of unbranched alkanes of at least 4 members (excludes halogenated alkanes) is 6. The summed E-state index contributed by atoms with van der Waals surface area (Å²) in [7, 11) is 0. The lowest BCUT2D eigenvalue weighted by Crippen LogP contribution is -2.24. The standard InChI is InChI=1S/C24H42/c1-4-7-10-13-17-23-18-16-21-24(22-23,19-14-11-8-5-2)20-15-12-9-6-3/h13-15,17,19-20,23H,4-12,16,18,21-22H2,1-3H3/b17-13+,19-14+,20-15+. The van der Waals surface area contributed by atoms with Crippen molar-refractivity contribution >= 4 is 0 Å². The van der Waals surface area contributed by atoms with Crippen LogP contribution < -0.4 is 0 Å². The van der Waals surface area contributed by atoms with Crippen molar-refractivity contribution in [3.63, 3.8) is 0 Å². The van der Waals surface area contributed by atoms with Crippen molar-refractivity contribution in [2.24, 2.45) is 11.3 Å². The van der Waals surface area contributed by atoms with E-state index < -0.39 is 0 Å². The monoisotopic (exact) mass is 330 g/mol. The molecule has 138 valence electrons. The highest BCUT2D eigenvalue weighted by molar-refractivity contribution is 5.15. The van der Waals surface area contributed by atoms with Crippen molar-refractivity contribution in [2.45, 2.75) is 104 Å². The smallest absolute Gasteiger partial charge is 0.00665 e. The molecule has 0 saturated heterocycles. The van der Waals surface area contributed by atoms with Crippen molar-refractivity contribution in [2.75, 3.05) is 0 Å². The van der Waals surface area contributed by atoms with Gasteiger partial charge in [-0.25, -0.2) is 0 Å². The van der Waals surface area contributed by atoms with Gasteiger partial charge in [0.1, 0.15) is 0 Å². The van der Waals surface area contributed by atoms with Gasteiger partial charge in [0.2, 0.25) is 0 Å². The minimum Gasteiger partial charge on any atom is -0.0883 e. The molecule has 0 aromatic rings. The van der Waals surface area contributed by atoms with E-state index in [-0.39, 0.29) is 0 Å². The molecule has 0 amide bonds. The Kier molecular flexibility index (Phi) is 12.0. The van der Waals surface area contributed by atoms with E-state index in [2.05, 4.69) is 57.2 Å². The maximum atomic E-state index is 2.57. The van der Waals surface area contributed by atoms with Crippen LogP contribution >= 0.6 is 0 Å². The van der Waals surface area contributed by atoms with Gasteiger partial charge in [0.15, 0.2) is 0 Å². The zero-order valence-corrected chi connectivity index (χ0v) is 16.7. The summed E-state index contributed by atoms with van der Waals surface area (Å²) in [6.45, 7) is 6.85. The highest BCUT2D eigenvalue weighted by Crippen LogP contribution is 2.43. The fraction of sp³-hybridized carbons (Fsp3) is 0.750. The summed E-state index contributed by atoms with van der Waals surface area (Å²) < 4.78 is 0. The normalized spacial score (nSPS) is 21.4. The Balaban J connectivity index is 2.69. The van der Waals surface area contributed by atoms with Gasteiger partial charge in [0.05, 0.1) is 0 Å². The van der Waals surface area contributed by atoms with Gasteiger partial charge in [-0.15, -0.1) is 0 Å². The zero-order valence-electron chi connectivity index (χ0n) is 16.7. The fourth-order valence-corrected chi connectivity index (χ4v) is 3.80. The lowest BCUT2D eigenvalue weighted by molar-refractivity contribution is 0.274. The number of hydrogen-bond acceptors (Lipinski definition) is 0. The van der Waals surface area contributed by atoms with Crippen LogP contribution in [0.1, 0.15) is 104 Å². The summed E-state index contributed by atoms with van der Waals surface area (Å²) in [4.78, 5) is 0. The summed E-state index contributed by atoms with van der Waals surface area (Å²) in [6.07, 6.45) is 32.1. The zero-order chi connectivity index (χ0) is 17.5. The molecule has 1 atom stereocenters. The van der Waals surface area contributed by atoms with E-state index in [0.717, 1.165) is 5.92 Å². The van der Waals surface area contributed by atoms with Crippen LogP contribution in [0.3, 0.4) is 0 Å². The second kappa shape index (κ2) is 13.5. The van der Waals surface area contributed by atoms with Crippen LogP contribution in [0.2, 0.25) is 0 Å². The summed E-state index contributed by atoms with van der Waals surface area (Å²) in [5.41, 5.74) is 0.333. The Bertz CT molecular complexity index is 353. The highest BCUT2D eigenvalue weighted by Gasteiger charge is 2.30. The van der Waals surface area contributed by atoms with Crippen LogP contribution in [0.5, 0.6) is 0 Å². The van der Waals surface area contributed by atoms with Gasteiger partial charge in [-0.1, -0.05) is 102 Å². The molecule has 0 heterocycles. The van der Waals surface area contributed by atoms with Crippen LogP contribution in [0.25, 0.3) is 0 Å². The molecule has 1 saturated carbocycles. The summed E-state index contributed by atoms with van der Waals surface area (Å²) in [5.74, 6) is 0.780. The molecule has 1 aliphatic carbocycles. The minimum atomic E-state index is 0.333. The van der Waals surface area contributed by atoms with Gasteiger partial charge in [-0.3, -0.25) is 0 Å². The van der Waals surface area contributed by atoms with Crippen LogP contribution in [0, 0.1) is 11.3 Å². The Morgan fingerprint density at radius 1 is 0.792 bits per heavy atom. The first-order valence-electron chi connectivity index (χ1n) is 10.8. The maximum Gasteiger partial charge on any atom is 0.00665 e. The third-order valence-corrected chi connectivity index (χ3v) is 5.34. The van der Waals surface area contributed by atoms with Crippen LogP contribution in [0.4, 0.5) is 0 Å². The van der Waals surface area contributed by atoms with Crippen LogP contribution in [-0.4, -0.2) is 0 Å². The molecule has 0 aromatic heterocycles. The first-order valence-corrected chi connectivity index (χ1v) is 10.8. The maximum absolute atomic E-state index is 2.57. The Morgan fingerprint density at radius 3 is 1.88 bits per heavy atom. The molecule has 0 nitrogen and oxygen atoms in total. The molecule has 1 unspecified atom stereocenters. The third-order valence-electron chi connectivity index (χ3n) is 5.34. The molecule has 0 N–H and O–H groups in total. The topological polar surface area (TPSA) is 0 Å². The van der Waals surface area contributed by atoms with Crippen LogP contribution in [0.15, 0.2) is 36.5 Å². The van der Waals surface area contributed by atoms with E-state index in [1.165, 1.54) is 83.5 Å². The average molecular weight is 331 g/mol. The van der Waals surface area contributed by atoms with Gasteiger partial charge in [0, 0.05) is 5.41 Å². The van der Waals surface area contributed by atoms with E-state index in [9.17, 15) is 0 Å². The molecular formula is C24H42. The lowest BCUT2D eigenvalue weighted by Gasteiger charge is -2.36. The molecule has 0 aliphatic heterocycles. The second-order valence-corrected chi connectivity index (χ2v) is 7.75. The minimum absolute atomic E-state index is 0.333. The molecule has 1 fully saturated rings. The van der Waals surface area contributed by atoms with Gasteiger partial charge in [-0.05, 0) is 44.4 Å². The molecular weight excluding hydrogens is 288 g/mol. The second-order valence-electron chi connectivity index (χ2n) is 7.75. The molecule has 1 aliphatic rings. The number of hydrogen-bond donors (Lipinski definition) is 0. The van der Waals surface area contributed by atoms with E-state index in [0.29, 0.717) is 5.41 Å². The molecule has 24 heavy (non-hydrogen) atoms. The quantitative estimate of drug-likeness (QED) is 0.249. The fourth-order valence-electron chi connectivity index (χ4n) is 3.80. The molecule has 1 rings (SSSR count). The van der Waals surface area contributed by atoms with Gasteiger partial charge >= 0.3 is 0 Å². The van der Waals surface area contributed by atoms with E-state index in [1.807, 2.05) is 0 Å². The molecule has 0 radical (unpaired) electrons. The van der Waals surface area contributed by atoms with Gasteiger partial charge in [-0.2, -0.15) is 0 Å². The van der Waals surface area contributed by atoms with Crippen molar-refractivity contribution in [1.82, 2.24) is 0 Å². The summed E-state index contributed by atoms with van der Waals surface area (Å²) in [6, 6.07) is 0. The van der Waals surface area contributed by atoms with Crippen molar-refractivity contribution in [1.29, 1.82) is 0 Å². The first kappa shape index (κ1) is 21.3. The van der Waals surface area contributed by atoms with Crippen LogP contribution in [-0.2, 0) is 0 Å². The summed E-state index contributed by atoms with van der Waals surface area (Å²) >= 11 is 0. The molecule has 0 aromatic carbocycles. The summed E-state index contributed by atoms with van der Waals surface area (Å²) in [5, 5.41) is 0. The number of allylic oxidation sites excluding steroid dienone is 6. The predicted molar refractivity (Wildman–Crippen MR) is 110 cm³/mol. The predicted octanol–water partition coefficient (Wildman–Crippen LogP) is 8.40. The van der Waals surface area contributed by atoms with E-state index in [4.69, 9.17) is 0 Å². The van der Waals surface area contributed by atoms with Crippen molar-refractivity contribution in [3.05, 3.63) is 36.5 Å². The first-order chi connectivity index (χ1) is 11.8. The molecule has 0 heteroatoms. The van der Waals surface area contributed by atoms with E-state index in [1.54, 1.807) is 0 Å². The van der Waals surface area contributed by atoms with Gasteiger partial charge < -0.3 is 0 Å². The third kappa shape index (κ3) is 8.90. The Morgan fingerprint density at radius 2 is 1.33 bits per heavy atom. The Hall–Kier alpha value is -0.780. The average Bonchev–Trinajstić information content (AvgIpc) is 2.60. The largest absolute Gasteiger partial charge is 0.0883 e. The van der Waals surface area contributed by atoms with E-state index >= 15 is 0 Å². The molecule has 0 spiro atoms. The van der Waals surface area contributed by atoms with Gasteiger partial charge in [0.25, 0.3) is 0 Å². The molecule has 0 bridgehead atoms. The SMILES string of the molecule is CCCC/C=C/C1CCCC(/C=C/CCCC)(/C=C/CCCC)C1. The number of rotatable bonds is 12. The highest BCUT2D eigenvalue weighted by atomic mass is 14.3.